The van der Waals surface area contributed by atoms with Crippen molar-refractivity contribution in [3.05, 3.63) is 0 Å². The maximum Gasteiger partial charge on any atom is 0.0137 e. The number of nitrogens with zero attached hydrogens (tertiary/aromatic N) is 2. The average Bonchev–Trinajstić information content (AvgIpc) is 3.58. The minimum Gasteiger partial charge on any atom is -0.294 e. The number of likely N-dealkylation sites (tertiary alicyclic amines) is 2. The molecular formula is C40H66N2. The van der Waals surface area contributed by atoms with Crippen LogP contribution in [-0.4, -0.2) is 46.1 Å². The van der Waals surface area contributed by atoms with Gasteiger partial charge in [-0.05, 0) is 131 Å². The summed E-state index contributed by atoms with van der Waals surface area (Å²) in [5, 5.41) is 0. The molecule has 7 saturated carbocycles. The van der Waals surface area contributed by atoms with Crippen LogP contribution < -0.4 is 0 Å². The Morgan fingerprint density at radius 3 is 1.33 bits per heavy atom. The van der Waals surface area contributed by atoms with E-state index in [0.29, 0.717) is 0 Å². The zero-order valence-corrected chi connectivity index (χ0v) is 27.4. The Balaban J connectivity index is 0.966. The van der Waals surface area contributed by atoms with Crippen LogP contribution in [0.3, 0.4) is 0 Å². The molecule has 11 atom stereocenters. The van der Waals surface area contributed by atoms with Gasteiger partial charge in [-0.15, -0.1) is 0 Å². The summed E-state index contributed by atoms with van der Waals surface area (Å²) in [4.78, 5) is 6.72. The van der Waals surface area contributed by atoms with E-state index in [0.717, 1.165) is 83.6 Å². The van der Waals surface area contributed by atoms with E-state index in [1.807, 2.05) is 0 Å². The van der Waals surface area contributed by atoms with Crippen molar-refractivity contribution >= 4 is 0 Å². The van der Waals surface area contributed by atoms with Crippen molar-refractivity contribution in [2.45, 2.75) is 203 Å². The summed E-state index contributed by atoms with van der Waals surface area (Å²) in [7, 11) is 0. The minimum atomic E-state index is 0.947. The van der Waals surface area contributed by atoms with Crippen molar-refractivity contribution < 1.29 is 0 Å². The standard InChI is InChI=1S/C40H66N2/c1-2-10-27(11-3-1)29-18-21-31(22-19-29)41-35-16-8-6-14-33(35)39-37(41)24-25-38-40(39)34-15-7-9-17-36(34)42(38)32-23-20-28-12-4-5-13-30(28)26-32/h27-40H,1-26H2. The Hall–Kier alpha value is -0.0800. The molecule has 0 radical (unpaired) electrons. The number of rotatable bonds is 3. The van der Waals surface area contributed by atoms with Crippen molar-refractivity contribution in [3.63, 3.8) is 0 Å². The second-order valence-electron chi connectivity index (χ2n) is 18.0. The maximum atomic E-state index is 3.37. The topological polar surface area (TPSA) is 6.48 Å². The third kappa shape index (κ3) is 4.74. The van der Waals surface area contributed by atoms with Crippen LogP contribution in [0, 0.1) is 47.3 Å². The second kappa shape index (κ2) is 11.9. The van der Waals surface area contributed by atoms with E-state index in [-0.39, 0.29) is 0 Å². The van der Waals surface area contributed by atoms with Crippen LogP contribution in [0.1, 0.15) is 167 Å². The van der Waals surface area contributed by atoms with Gasteiger partial charge in [-0.25, -0.2) is 0 Å². The lowest BCUT2D eigenvalue weighted by molar-refractivity contribution is 0.000433. The summed E-state index contributed by atoms with van der Waals surface area (Å²) in [5.41, 5.74) is 0. The van der Waals surface area contributed by atoms with Gasteiger partial charge in [-0.1, -0.05) is 83.5 Å². The highest BCUT2D eigenvalue weighted by Gasteiger charge is 2.63. The van der Waals surface area contributed by atoms with Crippen molar-refractivity contribution in [2.24, 2.45) is 47.3 Å². The van der Waals surface area contributed by atoms with Crippen LogP contribution in [0.4, 0.5) is 0 Å². The highest BCUT2D eigenvalue weighted by atomic mass is 15.3. The van der Waals surface area contributed by atoms with Gasteiger partial charge in [0.15, 0.2) is 0 Å². The third-order valence-corrected chi connectivity index (χ3v) is 16.6. The van der Waals surface area contributed by atoms with Gasteiger partial charge in [0.2, 0.25) is 0 Å². The molecule has 0 bridgehead atoms. The first-order valence-electron chi connectivity index (χ1n) is 20.4. The fraction of sp³-hybridized carbons (Fsp3) is 1.00. The van der Waals surface area contributed by atoms with E-state index < -0.39 is 0 Å². The lowest BCUT2D eigenvalue weighted by Crippen LogP contribution is -2.53. The lowest BCUT2D eigenvalue weighted by Gasteiger charge is -2.49. The second-order valence-corrected chi connectivity index (χ2v) is 18.0. The molecule has 0 N–H and O–H groups in total. The van der Waals surface area contributed by atoms with E-state index in [1.54, 1.807) is 122 Å². The Bertz CT molecular complexity index is 917. The predicted molar refractivity (Wildman–Crippen MR) is 174 cm³/mol. The monoisotopic (exact) mass is 575 g/mol. The number of fused-ring (bicyclic) bond motifs is 8. The Morgan fingerprint density at radius 1 is 0.286 bits per heavy atom. The van der Waals surface area contributed by atoms with E-state index in [9.17, 15) is 0 Å². The summed E-state index contributed by atoms with van der Waals surface area (Å²) in [6.45, 7) is 0. The van der Waals surface area contributed by atoms with Gasteiger partial charge >= 0.3 is 0 Å². The highest BCUT2D eigenvalue weighted by molar-refractivity contribution is 5.16. The summed E-state index contributed by atoms with van der Waals surface area (Å²) >= 11 is 0. The first-order valence-corrected chi connectivity index (χ1v) is 20.4. The lowest BCUT2D eigenvalue weighted by atomic mass is 9.61. The molecule has 2 nitrogen and oxygen atoms in total. The predicted octanol–water partition coefficient (Wildman–Crippen LogP) is 10.00. The summed E-state index contributed by atoms with van der Waals surface area (Å²) in [6, 6.07) is 5.78. The fourth-order valence-corrected chi connectivity index (χ4v) is 15.2. The first-order chi connectivity index (χ1) is 20.8. The molecule has 42 heavy (non-hydrogen) atoms. The third-order valence-electron chi connectivity index (χ3n) is 16.6. The van der Waals surface area contributed by atoms with Gasteiger partial charge in [0.1, 0.15) is 0 Å². The molecule has 0 aromatic heterocycles. The minimum absolute atomic E-state index is 0.947. The fourth-order valence-electron chi connectivity index (χ4n) is 15.2. The van der Waals surface area contributed by atoms with Gasteiger partial charge in [0, 0.05) is 36.3 Å². The molecule has 2 heterocycles. The molecular weight excluding hydrogens is 508 g/mol. The molecule has 0 aromatic rings. The van der Waals surface area contributed by atoms with Crippen molar-refractivity contribution in [2.75, 3.05) is 0 Å². The van der Waals surface area contributed by atoms with Gasteiger partial charge in [0.05, 0.1) is 0 Å². The average molecular weight is 575 g/mol. The van der Waals surface area contributed by atoms with Crippen LogP contribution in [0.2, 0.25) is 0 Å². The van der Waals surface area contributed by atoms with Gasteiger partial charge in [-0.3, -0.25) is 9.80 Å². The zero-order valence-electron chi connectivity index (χ0n) is 27.4. The normalized spacial score (nSPS) is 52.1. The molecule has 2 saturated heterocycles. The Morgan fingerprint density at radius 2 is 0.714 bits per heavy atom. The molecule has 0 amide bonds. The van der Waals surface area contributed by atoms with E-state index >= 15 is 0 Å². The van der Waals surface area contributed by atoms with E-state index in [2.05, 4.69) is 9.80 Å². The van der Waals surface area contributed by atoms with Crippen LogP contribution in [0.5, 0.6) is 0 Å². The molecule has 9 aliphatic rings. The zero-order chi connectivity index (χ0) is 27.6. The van der Waals surface area contributed by atoms with Gasteiger partial charge < -0.3 is 0 Å². The molecule has 9 rings (SSSR count). The molecule has 11 unspecified atom stereocenters. The summed E-state index contributed by atoms with van der Waals surface area (Å²) < 4.78 is 0. The quantitative estimate of drug-likeness (QED) is 0.331. The van der Waals surface area contributed by atoms with E-state index in [4.69, 9.17) is 0 Å². The Labute approximate surface area is 259 Å². The summed E-state index contributed by atoms with van der Waals surface area (Å²) in [6.07, 6.45) is 40.6. The molecule has 236 valence electrons. The van der Waals surface area contributed by atoms with Crippen LogP contribution in [0.15, 0.2) is 0 Å². The molecule has 0 spiro atoms. The SMILES string of the molecule is C1CCC(C2CCC(N3C4CCCCC4C4C5C6CCCCC6N(C6CCC7CCCCC7C6)C5CCC43)CC2)CC1. The Kier molecular flexibility index (Phi) is 8.00. The maximum absolute atomic E-state index is 3.37. The van der Waals surface area contributed by atoms with Crippen LogP contribution in [0.25, 0.3) is 0 Å². The van der Waals surface area contributed by atoms with Crippen LogP contribution >= 0.6 is 0 Å². The molecule has 2 aliphatic heterocycles. The highest BCUT2D eigenvalue weighted by Crippen LogP contribution is 2.61. The largest absolute Gasteiger partial charge is 0.294 e. The van der Waals surface area contributed by atoms with E-state index in [1.165, 1.54) is 44.9 Å². The molecule has 0 aromatic carbocycles. The summed E-state index contributed by atoms with van der Waals surface area (Å²) in [5.74, 6) is 8.62. The molecule has 9 fully saturated rings. The van der Waals surface area contributed by atoms with Crippen molar-refractivity contribution in [1.29, 1.82) is 0 Å². The number of hydrogen-bond acceptors (Lipinski definition) is 2. The van der Waals surface area contributed by atoms with Crippen molar-refractivity contribution in [1.82, 2.24) is 9.80 Å². The van der Waals surface area contributed by atoms with Gasteiger partial charge in [-0.2, -0.15) is 0 Å². The number of hydrogen-bond donors (Lipinski definition) is 0. The smallest absolute Gasteiger partial charge is 0.0137 e. The van der Waals surface area contributed by atoms with Gasteiger partial charge in [0.25, 0.3) is 0 Å². The first kappa shape index (κ1) is 28.2. The van der Waals surface area contributed by atoms with Crippen LogP contribution in [-0.2, 0) is 0 Å². The molecule has 7 aliphatic carbocycles. The van der Waals surface area contributed by atoms with Crippen molar-refractivity contribution in [3.8, 4) is 0 Å². The molecule has 2 heteroatoms.